The van der Waals surface area contributed by atoms with Crippen LogP contribution in [-0.2, 0) is 9.47 Å². The zero-order valence-corrected chi connectivity index (χ0v) is 13.0. The average molecular weight is 272 g/mol. The second-order valence-corrected chi connectivity index (χ2v) is 5.77. The summed E-state index contributed by atoms with van der Waals surface area (Å²) in [6.45, 7) is 10.2. The van der Waals surface area contributed by atoms with Gasteiger partial charge in [0.05, 0.1) is 12.2 Å². The number of hydrogen-bond acceptors (Lipinski definition) is 4. The van der Waals surface area contributed by atoms with E-state index in [9.17, 15) is 0 Å². The maximum absolute atomic E-state index is 5.75. The minimum absolute atomic E-state index is 0.349. The number of nitrogens with zero attached hydrogens (tertiary/aromatic N) is 1. The smallest absolute Gasteiger partial charge is 0.0701 e. The van der Waals surface area contributed by atoms with Gasteiger partial charge >= 0.3 is 0 Å². The van der Waals surface area contributed by atoms with Gasteiger partial charge in [-0.1, -0.05) is 0 Å². The van der Waals surface area contributed by atoms with Gasteiger partial charge in [0.25, 0.3) is 0 Å². The third kappa shape index (κ3) is 9.38. The van der Waals surface area contributed by atoms with Crippen molar-refractivity contribution in [2.45, 2.75) is 51.7 Å². The van der Waals surface area contributed by atoms with Crippen LogP contribution in [0.3, 0.4) is 0 Å². The second-order valence-electron chi connectivity index (χ2n) is 5.77. The molecular formula is C15H32N2O2. The monoisotopic (exact) mass is 272 g/mol. The Balaban J connectivity index is 1.88. The number of ether oxygens (including phenoxy) is 2. The maximum atomic E-state index is 5.75. The lowest BCUT2D eigenvalue weighted by Crippen LogP contribution is -2.37. The van der Waals surface area contributed by atoms with Crippen LogP contribution in [0.1, 0.15) is 39.5 Å². The van der Waals surface area contributed by atoms with Crippen LogP contribution in [0.5, 0.6) is 0 Å². The Labute approximate surface area is 118 Å². The van der Waals surface area contributed by atoms with Crippen LogP contribution in [0.4, 0.5) is 0 Å². The van der Waals surface area contributed by atoms with Gasteiger partial charge in [-0.15, -0.1) is 0 Å². The lowest BCUT2D eigenvalue weighted by atomic mass is 10.1. The Morgan fingerprint density at radius 1 is 1.32 bits per heavy atom. The second kappa shape index (κ2) is 10.6. The molecule has 114 valence electrons. The van der Waals surface area contributed by atoms with Gasteiger partial charge in [-0.3, -0.25) is 0 Å². The summed E-state index contributed by atoms with van der Waals surface area (Å²) in [4.78, 5) is 2.37. The van der Waals surface area contributed by atoms with Crippen molar-refractivity contribution in [1.82, 2.24) is 10.2 Å². The normalized spacial score (nSPS) is 20.4. The molecule has 1 heterocycles. The Hall–Kier alpha value is -0.160. The van der Waals surface area contributed by atoms with Crippen LogP contribution in [0.2, 0.25) is 0 Å². The number of hydrogen-bond donors (Lipinski definition) is 1. The topological polar surface area (TPSA) is 33.7 Å². The molecule has 0 bridgehead atoms. The van der Waals surface area contributed by atoms with Gasteiger partial charge in [-0.2, -0.15) is 0 Å². The molecule has 4 heteroatoms. The van der Waals surface area contributed by atoms with Crippen molar-refractivity contribution in [3.05, 3.63) is 0 Å². The van der Waals surface area contributed by atoms with E-state index in [4.69, 9.17) is 9.47 Å². The van der Waals surface area contributed by atoms with Crippen molar-refractivity contribution in [2.75, 3.05) is 46.4 Å². The largest absolute Gasteiger partial charge is 0.379 e. The molecule has 1 N–H and O–H groups in total. The summed E-state index contributed by atoms with van der Waals surface area (Å²) in [7, 11) is 2.18. The zero-order valence-electron chi connectivity index (χ0n) is 13.0. The fourth-order valence-corrected chi connectivity index (χ4v) is 2.30. The molecule has 1 saturated heterocycles. The summed E-state index contributed by atoms with van der Waals surface area (Å²) in [5.41, 5.74) is 0. The molecule has 0 spiro atoms. The van der Waals surface area contributed by atoms with Gasteiger partial charge in [0, 0.05) is 32.8 Å². The Kier molecular flexibility index (Phi) is 9.43. The molecule has 1 unspecified atom stereocenters. The van der Waals surface area contributed by atoms with E-state index in [1.807, 2.05) is 0 Å². The molecule has 1 rings (SSSR count). The first kappa shape index (κ1) is 16.9. The van der Waals surface area contributed by atoms with E-state index in [0.717, 1.165) is 45.8 Å². The minimum atomic E-state index is 0.349. The van der Waals surface area contributed by atoms with Crippen LogP contribution in [0.25, 0.3) is 0 Å². The van der Waals surface area contributed by atoms with E-state index in [1.165, 1.54) is 19.3 Å². The zero-order chi connectivity index (χ0) is 13.9. The van der Waals surface area contributed by atoms with Crippen LogP contribution in [0.15, 0.2) is 0 Å². The van der Waals surface area contributed by atoms with Crippen molar-refractivity contribution in [1.29, 1.82) is 0 Å². The SMILES string of the molecule is CC(C)OCCCNCCN(C)CC1CCCCO1. The van der Waals surface area contributed by atoms with Crippen molar-refractivity contribution in [3.8, 4) is 0 Å². The van der Waals surface area contributed by atoms with E-state index in [1.54, 1.807) is 0 Å². The van der Waals surface area contributed by atoms with E-state index in [-0.39, 0.29) is 0 Å². The van der Waals surface area contributed by atoms with Crippen molar-refractivity contribution in [3.63, 3.8) is 0 Å². The first-order valence-electron chi connectivity index (χ1n) is 7.81. The van der Waals surface area contributed by atoms with Crippen molar-refractivity contribution >= 4 is 0 Å². The summed E-state index contributed by atoms with van der Waals surface area (Å²) in [6, 6.07) is 0. The van der Waals surface area contributed by atoms with E-state index < -0.39 is 0 Å². The van der Waals surface area contributed by atoms with Gasteiger partial charge < -0.3 is 19.7 Å². The highest BCUT2D eigenvalue weighted by Crippen LogP contribution is 2.13. The quantitative estimate of drug-likeness (QED) is 0.616. The molecule has 19 heavy (non-hydrogen) atoms. The van der Waals surface area contributed by atoms with Gasteiger partial charge in [0.1, 0.15) is 0 Å². The summed E-state index contributed by atoms with van der Waals surface area (Å²) in [5.74, 6) is 0. The number of likely N-dealkylation sites (N-methyl/N-ethyl adjacent to an activating group) is 1. The van der Waals surface area contributed by atoms with Crippen LogP contribution in [-0.4, -0.2) is 63.5 Å². The fourth-order valence-electron chi connectivity index (χ4n) is 2.30. The molecule has 0 aromatic heterocycles. The maximum Gasteiger partial charge on any atom is 0.0701 e. The summed E-state index contributed by atoms with van der Waals surface area (Å²) < 4.78 is 11.3. The predicted molar refractivity (Wildman–Crippen MR) is 79.7 cm³/mol. The van der Waals surface area contributed by atoms with Crippen molar-refractivity contribution < 1.29 is 9.47 Å². The van der Waals surface area contributed by atoms with E-state index >= 15 is 0 Å². The number of nitrogens with one attached hydrogen (secondary N) is 1. The molecule has 1 atom stereocenters. The standard InChI is InChI=1S/C15H32N2O2/c1-14(2)18-12-6-8-16-9-10-17(3)13-15-7-4-5-11-19-15/h14-16H,4-13H2,1-3H3. The molecule has 0 radical (unpaired) electrons. The molecule has 1 aliphatic rings. The molecule has 1 fully saturated rings. The highest BCUT2D eigenvalue weighted by Gasteiger charge is 2.15. The lowest BCUT2D eigenvalue weighted by molar-refractivity contribution is -0.00123. The summed E-state index contributed by atoms with van der Waals surface area (Å²) in [5, 5.41) is 3.46. The molecule has 1 aliphatic heterocycles. The Morgan fingerprint density at radius 2 is 2.16 bits per heavy atom. The van der Waals surface area contributed by atoms with Crippen molar-refractivity contribution in [2.24, 2.45) is 0 Å². The third-order valence-electron chi connectivity index (χ3n) is 3.41. The molecule has 0 aliphatic carbocycles. The van der Waals surface area contributed by atoms with Gasteiger partial charge in [0.15, 0.2) is 0 Å². The third-order valence-corrected chi connectivity index (χ3v) is 3.41. The number of rotatable bonds is 10. The predicted octanol–water partition coefficient (Wildman–Crippen LogP) is 1.89. The summed E-state index contributed by atoms with van der Waals surface area (Å²) >= 11 is 0. The molecule has 0 aromatic rings. The first-order chi connectivity index (χ1) is 9.18. The Bertz CT molecular complexity index is 206. The fraction of sp³-hybridized carbons (Fsp3) is 1.00. The first-order valence-corrected chi connectivity index (χ1v) is 7.81. The highest BCUT2D eigenvalue weighted by atomic mass is 16.5. The van der Waals surface area contributed by atoms with E-state index in [0.29, 0.717) is 12.2 Å². The van der Waals surface area contributed by atoms with Crippen LogP contribution in [0, 0.1) is 0 Å². The molecular weight excluding hydrogens is 240 g/mol. The molecule has 4 nitrogen and oxygen atoms in total. The minimum Gasteiger partial charge on any atom is -0.379 e. The molecule has 0 amide bonds. The lowest BCUT2D eigenvalue weighted by Gasteiger charge is -2.27. The van der Waals surface area contributed by atoms with Crippen LogP contribution >= 0.6 is 0 Å². The highest BCUT2D eigenvalue weighted by molar-refractivity contribution is 4.68. The Morgan fingerprint density at radius 3 is 2.84 bits per heavy atom. The molecule has 0 saturated carbocycles. The van der Waals surface area contributed by atoms with Gasteiger partial charge in [-0.05, 0) is 53.1 Å². The van der Waals surface area contributed by atoms with Crippen LogP contribution < -0.4 is 5.32 Å². The van der Waals surface area contributed by atoms with Gasteiger partial charge in [-0.25, -0.2) is 0 Å². The van der Waals surface area contributed by atoms with Gasteiger partial charge in [0.2, 0.25) is 0 Å². The summed E-state index contributed by atoms with van der Waals surface area (Å²) in [6.07, 6.45) is 5.69. The van der Waals surface area contributed by atoms with E-state index in [2.05, 4.69) is 31.1 Å². The molecule has 0 aromatic carbocycles. The average Bonchev–Trinajstić information content (AvgIpc) is 2.38.